The molecule has 4 rings (SSSR count). The third-order valence-electron chi connectivity index (χ3n) is 5.82. The first-order valence-electron chi connectivity index (χ1n) is 8.94. The van der Waals surface area contributed by atoms with Gasteiger partial charge in [0.25, 0.3) is 5.91 Å². The first kappa shape index (κ1) is 17.0. The quantitative estimate of drug-likeness (QED) is 0.778. The fourth-order valence-electron chi connectivity index (χ4n) is 3.83. The van der Waals surface area contributed by atoms with Crippen LogP contribution >= 0.6 is 0 Å². The number of benzene rings is 1. The summed E-state index contributed by atoms with van der Waals surface area (Å²) in [6.07, 6.45) is 2.00. The van der Waals surface area contributed by atoms with Crippen LogP contribution < -0.4 is 5.32 Å². The number of amides is 4. The second-order valence-corrected chi connectivity index (χ2v) is 7.94. The number of hydrogen-bond donors (Lipinski definition) is 2. The van der Waals surface area contributed by atoms with E-state index in [1.165, 1.54) is 4.90 Å². The summed E-state index contributed by atoms with van der Waals surface area (Å²) in [5.74, 6) is -0.460. The van der Waals surface area contributed by atoms with Gasteiger partial charge in [0.15, 0.2) is 0 Å². The highest BCUT2D eigenvalue weighted by molar-refractivity contribution is 6.09. The van der Waals surface area contributed by atoms with Crippen molar-refractivity contribution < 1.29 is 19.5 Å². The molecule has 3 aliphatic rings. The summed E-state index contributed by atoms with van der Waals surface area (Å²) in [5, 5.41) is 13.0. The van der Waals surface area contributed by atoms with Gasteiger partial charge in [-0.2, -0.15) is 0 Å². The lowest BCUT2D eigenvalue weighted by atomic mass is 9.88. The summed E-state index contributed by atoms with van der Waals surface area (Å²) in [5.41, 5.74) is -0.205. The largest absolute Gasteiger partial charge is 0.386 e. The van der Waals surface area contributed by atoms with Crippen LogP contribution in [0.1, 0.15) is 30.9 Å². The van der Waals surface area contributed by atoms with Gasteiger partial charge in [-0.1, -0.05) is 29.8 Å². The predicted octanol–water partition coefficient (Wildman–Crippen LogP) is 0.745. The highest BCUT2D eigenvalue weighted by Gasteiger charge is 2.54. The van der Waals surface area contributed by atoms with Crippen LogP contribution in [-0.2, 0) is 15.1 Å². The van der Waals surface area contributed by atoms with E-state index < -0.39 is 23.1 Å². The van der Waals surface area contributed by atoms with E-state index >= 15 is 0 Å². The number of urea groups is 1. The van der Waals surface area contributed by atoms with Crippen molar-refractivity contribution in [1.29, 1.82) is 0 Å². The van der Waals surface area contributed by atoms with Gasteiger partial charge < -0.3 is 15.3 Å². The molecule has 138 valence electrons. The molecular formula is C19H23N3O4. The summed E-state index contributed by atoms with van der Waals surface area (Å²) in [7, 11) is 0. The van der Waals surface area contributed by atoms with Gasteiger partial charge in [-0.15, -0.1) is 0 Å². The zero-order chi connectivity index (χ0) is 18.7. The molecule has 7 nitrogen and oxygen atoms in total. The van der Waals surface area contributed by atoms with Gasteiger partial charge in [0.05, 0.1) is 13.1 Å². The molecule has 2 N–H and O–H groups in total. The van der Waals surface area contributed by atoms with E-state index in [2.05, 4.69) is 5.32 Å². The van der Waals surface area contributed by atoms with E-state index in [0.717, 1.165) is 23.3 Å². The molecule has 7 heteroatoms. The SMILES string of the molecule is Cc1ccc([C@]2(C)NC(=O)N(CC(=O)N3CC(O)(C4CC4)C3)C2=O)cc1. The third kappa shape index (κ3) is 2.58. The Morgan fingerprint density at radius 2 is 1.85 bits per heavy atom. The van der Waals surface area contributed by atoms with E-state index in [9.17, 15) is 19.5 Å². The van der Waals surface area contributed by atoms with Crippen molar-refractivity contribution in [2.24, 2.45) is 5.92 Å². The van der Waals surface area contributed by atoms with Gasteiger partial charge in [-0.25, -0.2) is 4.79 Å². The Balaban J connectivity index is 1.44. The smallest absolute Gasteiger partial charge is 0.325 e. The molecule has 1 atom stereocenters. The van der Waals surface area contributed by atoms with Crippen molar-refractivity contribution in [2.75, 3.05) is 19.6 Å². The maximum Gasteiger partial charge on any atom is 0.325 e. The average Bonchev–Trinajstić information content (AvgIpc) is 3.38. The second kappa shape index (κ2) is 5.54. The van der Waals surface area contributed by atoms with Crippen LogP contribution in [0, 0.1) is 12.8 Å². The number of likely N-dealkylation sites (tertiary alicyclic amines) is 1. The Labute approximate surface area is 152 Å². The highest BCUT2D eigenvalue weighted by atomic mass is 16.3. The van der Waals surface area contributed by atoms with E-state index in [-0.39, 0.29) is 31.5 Å². The van der Waals surface area contributed by atoms with Gasteiger partial charge in [0.2, 0.25) is 5.91 Å². The molecule has 1 aliphatic carbocycles. The molecule has 0 bridgehead atoms. The van der Waals surface area contributed by atoms with Crippen LogP contribution in [0.15, 0.2) is 24.3 Å². The number of β-amino-alcohol motifs (C(OH)–C–C–N with tert-alkyl or cyclic N) is 1. The fraction of sp³-hybridized carbons (Fsp3) is 0.526. The van der Waals surface area contributed by atoms with Gasteiger partial charge in [-0.3, -0.25) is 14.5 Å². The van der Waals surface area contributed by atoms with Crippen LogP contribution in [0.2, 0.25) is 0 Å². The number of aryl methyl sites for hydroxylation is 1. The molecular weight excluding hydrogens is 334 g/mol. The van der Waals surface area contributed by atoms with Crippen molar-refractivity contribution >= 4 is 17.8 Å². The lowest BCUT2D eigenvalue weighted by molar-refractivity contribution is -0.160. The van der Waals surface area contributed by atoms with Crippen molar-refractivity contribution in [1.82, 2.24) is 15.1 Å². The molecule has 1 aromatic carbocycles. The lowest BCUT2D eigenvalue weighted by Crippen LogP contribution is -2.66. The summed E-state index contributed by atoms with van der Waals surface area (Å²) < 4.78 is 0. The van der Waals surface area contributed by atoms with E-state index in [1.807, 2.05) is 31.2 Å². The van der Waals surface area contributed by atoms with Crippen molar-refractivity contribution in [3.05, 3.63) is 35.4 Å². The predicted molar refractivity (Wildman–Crippen MR) is 93.0 cm³/mol. The zero-order valence-corrected chi connectivity index (χ0v) is 15.0. The number of carbonyl (C=O) groups is 3. The Morgan fingerprint density at radius 3 is 2.42 bits per heavy atom. The number of nitrogens with zero attached hydrogens (tertiary/aromatic N) is 2. The number of aliphatic hydroxyl groups is 1. The fourth-order valence-corrected chi connectivity index (χ4v) is 3.83. The van der Waals surface area contributed by atoms with E-state index in [4.69, 9.17) is 0 Å². The van der Waals surface area contributed by atoms with Gasteiger partial charge in [-0.05, 0) is 38.2 Å². The Bertz CT molecular complexity index is 780. The molecule has 0 radical (unpaired) electrons. The minimum Gasteiger partial charge on any atom is -0.386 e. The van der Waals surface area contributed by atoms with E-state index in [1.54, 1.807) is 6.92 Å². The molecule has 2 heterocycles. The average molecular weight is 357 g/mol. The first-order valence-corrected chi connectivity index (χ1v) is 8.94. The molecule has 1 saturated carbocycles. The zero-order valence-electron chi connectivity index (χ0n) is 15.0. The topological polar surface area (TPSA) is 90.0 Å². The van der Waals surface area contributed by atoms with E-state index in [0.29, 0.717) is 5.56 Å². The monoisotopic (exact) mass is 357 g/mol. The van der Waals surface area contributed by atoms with Crippen molar-refractivity contribution in [2.45, 2.75) is 37.8 Å². The summed E-state index contributed by atoms with van der Waals surface area (Å²) in [6.45, 7) is 3.87. The van der Waals surface area contributed by atoms with Crippen LogP contribution in [-0.4, -0.2) is 58.0 Å². The minimum absolute atomic E-state index is 0.285. The molecule has 4 amide bonds. The second-order valence-electron chi connectivity index (χ2n) is 7.94. The van der Waals surface area contributed by atoms with Crippen LogP contribution in [0.5, 0.6) is 0 Å². The minimum atomic E-state index is -1.17. The van der Waals surface area contributed by atoms with Crippen molar-refractivity contribution in [3.63, 3.8) is 0 Å². The molecule has 2 saturated heterocycles. The number of nitrogens with one attached hydrogen (secondary N) is 1. The Morgan fingerprint density at radius 1 is 1.23 bits per heavy atom. The molecule has 1 aromatic rings. The normalized spacial score (nSPS) is 27.3. The van der Waals surface area contributed by atoms with Crippen LogP contribution in [0.25, 0.3) is 0 Å². The van der Waals surface area contributed by atoms with Crippen LogP contribution in [0.4, 0.5) is 4.79 Å². The number of hydrogen-bond acceptors (Lipinski definition) is 4. The van der Waals surface area contributed by atoms with Gasteiger partial charge in [0.1, 0.15) is 17.7 Å². The number of imide groups is 1. The maximum absolute atomic E-state index is 12.9. The molecule has 0 spiro atoms. The number of rotatable bonds is 4. The summed E-state index contributed by atoms with van der Waals surface area (Å²) in [4.78, 5) is 40.1. The Hall–Kier alpha value is -2.41. The standard InChI is InChI=1S/C19H23N3O4/c1-12-3-5-13(6-4-12)18(2)16(24)22(17(25)20-18)9-15(23)21-10-19(26,11-21)14-7-8-14/h3-6,14,26H,7-11H2,1-2H3,(H,20,25)/t18-/m0/s1. The third-order valence-corrected chi connectivity index (χ3v) is 5.82. The van der Waals surface area contributed by atoms with Gasteiger partial charge in [0, 0.05) is 0 Å². The lowest BCUT2D eigenvalue weighted by Gasteiger charge is -2.47. The summed E-state index contributed by atoms with van der Waals surface area (Å²) in [6, 6.07) is 6.82. The van der Waals surface area contributed by atoms with Crippen LogP contribution in [0.3, 0.4) is 0 Å². The van der Waals surface area contributed by atoms with Crippen molar-refractivity contribution in [3.8, 4) is 0 Å². The van der Waals surface area contributed by atoms with Gasteiger partial charge >= 0.3 is 6.03 Å². The maximum atomic E-state index is 12.9. The summed E-state index contributed by atoms with van der Waals surface area (Å²) >= 11 is 0. The molecule has 2 aliphatic heterocycles. The molecule has 0 aromatic heterocycles. The molecule has 0 unspecified atom stereocenters. The highest BCUT2D eigenvalue weighted by Crippen LogP contribution is 2.44. The first-order chi connectivity index (χ1) is 12.2. The number of carbonyl (C=O) groups excluding carboxylic acids is 3. The molecule has 3 fully saturated rings. The Kier molecular flexibility index (Phi) is 3.63. The molecule has 26 heavy (non-hydrogen) atoms.